The molecule has 0 spiro atoms. The van der Waals surface area contributed by atoms with Gasteiger partial charge in [-0.15, -0.1) is 11.6 Å². The molecule has 0 bridgehead atoms. The molecule has 0 aliphatic rings. The normalized spacial score (nSPS) is 14.6. The number of nitrogens with one attached hydrogen (secondary N) is 1. The summed E-state index contributed by atoms with van der Waals surface area (Å²) in [6, 6.07) is 0. The fourth-order valence-electron chi connectivity index (χ4n) is 0.713. The lowest BCUT2D eigenvalue weighted by atomic mass is 10.2. The second kappa shape index (κ2) is 5.78. The van der Waals surface area contributed by atoms with E-state index in [-0.39, 0.29) is 11.1 Å². The van der Waals surface area contributed by atoms with Crippen LogP contribution in [-0.4, -0.2) is 26.1 Å². The molecule has 0 amide bonds. The molecular formula is C7H16ClNO2S. The summed E-state index contributed by atoms with van der Waals surface area (Å²) in [5.41, 5.74) is 0. The monoisotopic (exact) mass is 213 g/mol. The van der Waals surface area contributed by atoms with E-state index < -0.39 is 10.0 Å². The van der Waals surface area contributed by atoms with Crippen molar-refractivity contribution in [1.29, 1.82) is 0 Å². The Bertz CT molecular complexity index is 201. The molecule has 0 heterocycles. The van der Waals surface area contributed by atoms with Crippen LogP contribution >= 0.6 is 11.6 Å². The van der Waals surface area contributed by atoms with Crippen molar-refractivity contribution >= 4 is 21.6 Å². The van der Waals surface area contributed by atoms with E-state index in [0.717, 1.165) is 12.8 Å². The minimum Gasteiger partial charge on any atom is -0.215 e. The summed E-state index contributed by atoms with van der Waals surface area (Å²) in [6.45, 7) is 4.01. The third kappa shape index (κ3) is 6.88. The van der Waals surface area contributed by atoms with Crippen molar-refractivity contribution in [2.75, 3.05) is 12.3 Å². The first kappa shape index (κ1) is 12.2. The Morgan fingerprint density at radius 1 is 1.50 bits per heavy atom. The van der Waals surface area contributed by atoms with E-state index in [1.165, 1.54) is 0 Å². The van der Waals surface area contributed by atoms with Crippen LogP contribution in [0.3, 0.4) is 0 Å². The van der Waals surface area contributed by atoms with Crippen LogP contribution in [0.1, 0.15) is 26.7 Å². The molecule has 0 rings (SSSR count). The van der Waals surface area contributed by atoms with E-state index in [2.05, 4.69) is 4.72 Å². The number of hydrogen-bond donors (Lipinski definition) is 1. The van der Waals surface area contributed by atoms with Crippen molar-refractivity contribution in [2.24, 2.45) is 0 Å². The van der Waals surface area contributed by atoms with Crippen molar-refractivity contribution in [3.05, 3.63) is 0 Å². The lowest BCUT2D eigenvalue weighted by Crippen LogP contribution is -2.26. The van der Waals surface area contributed by atoms with Gasteiger partial charge in [0.25, 0.3) is 0 Å². The number of alkyl halides is 1. The highest BCUT2D eigenvalue weighted by molar-refractivity contribution is 7.89. The molecular weight excluding hydrogens is 198 g/mol. The van der Waals surface area contributed by atoms with Gasteiger partial charge in [0, 0.05) is 11.9 Å². The molecule has 0 fully saturated rings. The van der Waals surface area contributed by atoms with Crippen molar-refractivity contribution in [2.45, 2.75) is 32.1 Å². The highest BCUT2D eigenvalue weighted by atomic mass is 35.5. The van der Waals surface area contributed by atoms with Crippen LogP contribution in [0.4, 0.5) is 0 Å². The third-order valence-electron chi connectivity index (χ3n) is 1.48. The van der Waals surface area contributed by atoms with E-state index in [0.29, 0.717) is 6.54 Å². The Hall–Kier alpha value is 0.200. The fraction of sp³-hybridized carbons (Fsp3) is 1.00. The molecule has 0 saturated carbocycles. The largest absolute Gasteiger partial charge is 0.215 e. The zero-order chi connectivity index (χ0) is 9.61. The molecule has 0 aromatic carbocycles. The number of sulfonamides is 1. The molecule has 0 aliphatic carbocycles. The molecule has 1 N–H and O–H groups in total. The van der Waals surface area contributed by atoms with Gasteiger partial charge in [-0.3, -0.25) is 0 Å². The first-order valence-corrected chi connectivity index (χ1v) is 6.18. The second-order valence-corrected chi connectivity index (χ2v) is 5.56. The second-order valence-electron chi connectivity index (χ2n) is 2.72. The highest BCUT2D eigenvalue weighted by Gasteiger charge is 2.04. The molecule has 74 valence electrons. The lowest BCUT2D eigenvalue weighted by molar-refractivity contribution is 0.577. The Labute approximate surface area is 79.5 Å². The predicted octanol–water partition coefficient (Wildman–Crippen LogP) is 1.33. The average molecular weight is 214 g/mol. The van der Waals surface area contributed by atoms with Crippen LogP contribution in [0.15, 0.2) is 0 Å². The molecule has 12 heavy (non-hydrogen) atoms. The Morgan fingerprint density at radius 2 is 2.08 bits per heavy atom. The van der Waals surface area contributed by atoms with Crippen molar-refractivity contribution in [1.82, 2.24) is 4.72 Å². The minimum atomic E-state index is -3.01. The standard InChI is InChI=1S/C7H16ClNO2S/c1-3-12(10,11)9-6-4-5-7(2)8/h7,9H,3-6H2,1-2H3. The molecule has 0 saturated heterocycles. The van der Waals surface area contributed by atoms with E-state index in [4.69, 9.17) is 11.6 Å². The molecule has 0 aromatic heterocycles. The van der Waals surface area contributed by atoms with E-state index >= 15 is 0 Å². The first-order valence-electron chi connectivity index (χ1n) is 4.09. The summed E-state index contributed by atoms with van der Waals surface area (Å²) < 4.78 is 24.3. The summed E-state index contributed by atoms with van der Waals surface area (Å²) >= 11 is 5.68. The van der Waals surface area contributed by atoms with Crippen LogP contribution < -0.4 is 4.72 Å². The maximum absolute atomic E-state index is 10.9. The van der Waals surface area contributed by atoms with Crippen LogP contribution in [0.25, 0.3) is 0 Å². The van der Waals surface area contributed by atoms with Gasteiger partial charge in [-0.1, -0.05) is 0 Å². The molecule has 0 aromatic rings. The summed E-state index contributed by atoms with van der Waals surface area (Å²) in [5, 5.41) is 0.121. The molecule has 1 atom stereocenters. The minimum absolute atomic E-state index is 0.121. The Morgan fingerprint density at radius 3 is 2.50 bits per heavy atom. The fourth-order valence-corrected chi connectivity index (χ4v) is 1.53. The highest BCUT2D eigenvalue weighted by Crippen LogP contribution is 2.02. The van der Waals surface area contributed by atoms with Crippen LogP contribution in [0, 0.1) is 0 Å². The van der Waals surface area contributed by atoms with Crippen molar-refractivity contribution in [3.63, 3.8) is 0 Å². The van der Waals surface area contributed by atoms with Crippen LogP contribution in [0.5, 0.6) is 0 Å². The van der Waals surface area contributed by atoms with Gasteiger partial charge in [0.15, 0.2) is 0 Å². The van der Waals surface area contributed by atoms with Gasteiger partial charge in [-0.25, -0.2) is 13.1 Å². The van der Waals surface area contributed by atoms with Gasteiger partial charge in [-0.2, -0.15) is 0 Å². The van der Waals surface area contributed by atoms with Gasteiger partial charge in [-0.05, 0) is 26.7 Å². The number of halogens is 1. The van der Waals surface area contributed by atoms with E-state index in [1.807, 2.05) is 6.92 Å². The maximum atomic E-state index is 10.9. The zero-order valence-electron chi connectivity index (χ0n) is 7.51. The van der Waals surface area contributed by atoms with Crippen LogP contribution in [-0.2, 0) is 10.0 Å². The molecule has 0 radical (unpaired) electrons. The van der Waals surface area contributed by atoms with Crippen LogP contribution in [0.2, 0.25) is 0 Å². The average Bonchev–Trinajstić information content (AvgIpc) is 1.98. The van der Waals surface area contributed by atoms with E-state index in [9.17, 15) is 8.42 Å². The summed E-state index contributed by atoms with van der Waals surface area (Å²) in [6.07, 6.45) is 1.64. The molecule has 1 unspecified atom stereocenters. The zero-order valence-corrected chi connectivity index (χ0v) is 9.08. The topological polar surface area (TPSA) is 46.2 Å². The Kier molecular flexibility index (Phi) is 5.88. The predicted molar refractivity (Wildman–Crippen MR) is 52.0 cm³/mol. The van der Waals surface area contributed by atoms with E-state index in [1.54, 1.807) is 6.92 Å². The van der Waals surface area contributed by atoms with Gasteiger partial charge in [0.05, 0.1) is 5.75 Å². The lowest BCUT2D eigenvalue weighted by Gasteiger charge is -2.04. The van der Waals surface area contributed by atoms with Gasteiger partial charge in [0.2, 0.25) is 10.0 Å². The summed E-state index contributed by atoms with van der Waals surface area (Å²) in [4.78, 5) is 0. The first-order chi connectivity index (χ1) is 5.48. The summed E-state index contributed by atoms with van der Waals surface area (Å²) in [7, 11) is -3.01. The molecule has 0 aliphatic heterocycles. The number of hydrogen-bond acceptors (Lipinski definition) is 2. The van der Waals surface area contributed by atoms with Gasteiger partial charge >= 0.3 is 0 Å². The van der Waals surface area contributed by atoms with Gasteiger partial charge in [0.1, 0.15) is 0 Å². The number of rotatable bonds is 6. The molecule has 5 heteroatoms. The third-order valence-corrected chi connectivity index (χ3v) is 3.10. The maximum Gasteiger partial charge on any atom is 0.211 e. The Balaban J connectivity index is 3.45. The van der Waals surface area contributed by atoms with Crippen molar-refractivity contribution in [3.8, 4) is 0 Å². The van der Waals surface area contributed by atoms with Gasteiger partial charge < -0.3 is 0 Å². The quantitative estimate of drug-likeness (QED) is 0.535. The smallest absolute Gasteiger partial charge is 0.211 e. The molecule has 3 nitrogen and oxygen atoms in total. The van der Waals surface area contributed by atoms with Crippen molar-refractivity contribution < 1.29 is 8.42 Å². The SMILES string of the molecule is CCS(=O)(=O)NCCCC(C)Cl. The summed E-state index contributed by atoms with van der Waals surface area (Å²) in [5.74, 6) is 0.142.